The van der Waals surface area contributed by atoms with Gasteiger partial charge in [-0.1, -0.05) is 12.1 Å². The van der Waals surface area contributed by atoms with E-state index in [0.717, 1.165) is 22.6 Å². The molecule has 2 heterocycles. The van der Waals surface area contributed by atoms with Crippen molar-refractivity contribution in [1.82, 2.24) is 9.97 Å². The number of aromatic hydroxyl groups is 1. The Morgan fingerprint density at radius 3 is 2.57 bits per heavy atom. The van der Waals surface area contributed by atoms with E-state index in [4.69, 9.17) is 0 Å². The Morgan fingerprint density at radius 2 is 1.87 bits per heavy atom. The normalized spacial score (nSPS) is 10.7. The van der Waals surface area contributed by atoms with Crippen molar-refractivity contribution in [2.75, 3.05) is 5.32 Å². The quantitative estimate of drug-likeness (QED) is 0.472. The first-order valence-corrected chi connectivity index (χ1v) is 9.81. The molecular formula is C22H15F2N3O2S. The molecule has 0 fully saturated rings. The van der Waals surface area contributed by atoms with Gasteiger partial charge in [-0.05, 0) is 53.4 Å². The van der Waals surface area contributed by atoms with Gasteiger partial charge in [0.25, 0.3) is 0 Å². The number of nitrogens with zero attached hydrogens (tertiary/aromatic N) is 2. The van der Waals surface area contributed by atoms with Crippen molar-refractivity contribution in [1.29, 1.82) is 0 Å². The second kappa shape index (κ2) is 8.38. The Hall–Kier alpha value is -3.65. The van der Waals surface area contributed by atoms with Crippen molar-refractivity contribution in [3.05, 3.63) is 83.4 Å². The number of rotatable bonds is 5. The monoisotopic (exact) mass is 423 g/mol. The molecule has 0 atom stereocenters. The average molecular weight is 423 g/mol. The first-order valence-electron chi connectivity index (χ1n) is 8.94. The molecule has 30 heavy (non-hydrogen) atoms. The Kier molecular flexibility index (Phi) is 5.49. The van der Waals surface area contributed by atoms with Crippen LogP contribution in [0.3, 0.4) is 0 Å². The zero-order chi connectivity index (χ0) is 21.1. The first-order chi connectivity index (χ1) is 14.5. The van der Waals surface area contributed by atoms with Gasteiger partial charge in [-0.25, -0.2) is 18.7 Å². The van der Waals surface area contributed by atoms with Gasteiger partial charge in [-0.3, -0.25) is 4.79 Å². The number of thiophene rings is 1. The fourth-order valence-electron chi connectivity index (χ4n) is 2.85. The predicted molar refractivity (Wildman–Crippen MR) is 111 cm³/mol. The molecule has 4 aromatic rings. The van der Waals surface area contributed by atoms with E-state index in [-0.39, 0.29) is 18.0 Å². The molecule has 1 amide bonds. The van der Waals surface area contributed by atoms with Crippen LogP contribution in [0.25, 0.3) is 21.8 Å². The summed E-state index contributed by atoms with van der Waals surface area (Å²) in [5.41, 5.74) is 2.18. The molecule has 0 unspecified atom stereocenters. The number of benzene rings is 2. The number of halogens is 2. The topological polar surface area (TPSA) is 75.1 Å². The second-order valence-electron chi connectivity index (χ2n) is 6.45. The van der Waals surface area contributed by atoms with Gasteiger partial charge < -0.3 is 10.4 Å². The highest BCUT2D eigenvalue weighted by Crippen LogP contribution is 2.31. The summed E-state index contributed by atoms with van der Waals surface area (Å²) < 4.78 is 26.5. The minimum absolute atomic E-state index is 0.136. The number of phenols is 1. The van der Waals surface area contributed by atoms with Crippen LogP contribution in [0.4, 0.5) is 14.6 Å². The van der Waals surface area contributed by atoms with E-state index < -0.39 is 17.5 Å². The fourth-order valence-corrected chi connectivity index (χ4v) is 3.56. The van der Waals surface area contributed by atoms with E-state index >= 15 is 0 Å². The number of carbonyl (C=O) groups is 1. The summed E-state index contributed by atoms with van der Waals surface area (Å²) in [4.78, 5) is 22.3. The number of hydrogen-bond acceptors (Lipinski definition) is 5. The smallest absolute Gasteiger partial charge is 0.230 e. The van der Waals surface area contributed by atoms with Crippen LogP contribution in [-0.2, 0) is 11.2 Å². The zero-order valence-corrected chi connectivity index (χ0v) is 16.3. The number of aromatic nitrogens is 2. The average Bonchev–Trinajstić information content (AvgIpc) is 3.26. The van der Waals surface area contributed by atoms with Crippen LogP contribution in [0, 0.1) is 11.6 Å². The molecule has 2 aromatic carbocycles. The number of hydrogen-bond donors (Lipinski definition) is 2. The summed E-state index contributed by atoms with van der Waals surface area (Å²) in [6.07, 6.45) is 1.39. The molecule has 0 saturated heterocycles. The summed E-state index contributed by atoms with van der Waals surface area (Å²) in [7, 11) is 0. The molecule has 4 rings (SSSR count). The number of carbonyl (C=O) groups excluding carboxylic acids is 1. The lowest BCUT2D eigenvalue weighted by Gasteiger charge is -2.11. The van der Waals surface area contributed by atoms with Crippen LogP contribution in [0.2, 0.25) is 0 Å². The lowest BCUT2D eigenvalue weighted by molar-refractivity contribution is -0.115. The van der Waals surface area contributed by atoms with E-state index in [2.05, 4.69) is 15.3 Å². The maximum absolute atomic E-state index is 13.4. The first kappa shape index (κ1) is 19.7. The van der Waals surface area contributed by atoms with Crippen molar-refractivity contribution in [3.63, 3.8) is 0 Å². The van der Waals surface area contributed by atoms with Crippen molar-refractivity contribution in [2.24, 2.45) is 0 Å². The molecule has 0 spiro atoms. The molecule has 5 nitrogen and oxygen atoms in total. The van der Waals surface area contributed by atoms with E-state index in [0.29, 0.717) is 17.0 Å². The van der Waals surface area contributed by atoms with Gasteiger partial charge in [-0.15, -0.1) is 11.3 Å². The summed E-state index contributed by atoms with van der Waals surface area (Å²) in [5, 5.41) is 14.1. The molecule has 2 N–H and O–H groups in total. The third kappa shape index (κ3) is 4.33. The molecule has 0 aliphatic heterocycles. The standard InChI is InChI=1S/C22H15F2N3O2S/c23-16-8-3-13(10-17(16)24)11-20(29)27-22-21(19-2-1-9-30-19)26-18(12-25-22)14-4-6-15(28)7-5-14/h1-10,12,28H,11H2,(H,25,27,29). The number of phenolic OH excluding ortho intramolecular Hbond substituents is 1. The predicted octanol–water partition coefficient (Wildman–Crippen LogP) is 5.04. The highest BCUT2D eigenvalue weighted by molar-refractivity contribution is 7.13. The number of nitrogens with one attached hydrogen (secondary N) is 1. The van der Waals surface area contributed by atoms with Gasteiger partial charge in [-0.2, -0.15) is 0 Å². The highest BCUT2D eigenvalue weighted by Gasteiger charge is 2.15. The lowest BCUT2D eigenvalue weighted by atomic mass is 10.1. The van der Waals surface area contributed by atoms with Crippen molar-refractivity contribution < 1.29 is 18.7 Å². The van der Waals surface area contributed by atoms with Gasteiger partial charge in [0, 0.05) is 5.56 Å². The van der Waals surface area contributed by atoms with Crippen molar-refractivity contribution in [3.8, 4) is 27.6 Å². The molecule has 0 radical (unpaired) electrons. The summed E-state index contributed by atoms with van der Waals surface area (Å²) in [6, 6.07) is 13.6. The van der Waals surface area contributed by atoms with Crippen LogP contribution in [0.15, 0.2) is 66.2 Å². The van der Waals surface area contributed by atoms with Crippen LogP contribution in [0.5, 0.6) is 5.75 Å². The summed E-state index contributed by atoms with van der Waals surface area (Å²) >= 11 is 1.45. The zero-order valence-electron chi connectivity index (χ0n) is 15.5. The number of amides is 1. The second-order valence-corrected chi connectivity index (χ2v) is 7.40. The fraction of sp³-hybridized carbons (Fsp3) is 0.0455. The van der Waals surface area contributed by atoms with Gasteiger partial charge >= 0.3 is 0 Å². The van der Waals surface area contributed by atoms with Gasteiger partial charge in [0.1, 0.15) is 11.4 Å². The van der Waals surface area contributed by atoms with E-state index in [1.165, 1.54) is 23.6 Å². The third-order valence-corrected chi connectivity index (χ3v) is 5.17. The minimum Gasteiger partial charge on any atom is -0.508 e. The van der Waals surface area contributed by atoms with Crippen LogP contribution in [0.1, 0.15) is 5.56 Å². The van der Waals surface area contributed by atoms with Crippen LogP contribution in [-0.4, -0.2) is 21.0 Å². The van der Waals surface area contributed by atoms with E-state index in [9.17, 15) is 18.7 Å². The Morgan fingerprint density at radius 1 is 1.07 bits per heavy atom. The maximum Gasteiger partial charge on any atom is 0.230 e. The molecule has 0 aliphatic carbocycles. The molecule has 150 valence electrons. The largest absolute Gasteiger partial charge is 0.508 e. The molecule has 8 heteroatoms. The minimum atomic E-state index is -1.00. The number of anilines is 1. The van der Waals surface area contributed by atoms with Gasteiger partial charge in [0.05, 0.1) is 23.2 Å². The molecular weight excluding hydrogens is 408 g/mol. The van der Waals surface area contributed by atoms with Crippen molar-refractivity contribution >= 4 is 23.1 Å². The molecule has 0 bridgehead atoms. The Labute approximate surface area is 174 Å². The molecule has 0 saturated carbocycles. The van der Waals surface area contributed by atoms with Crippen molar-refractivity contribution in [2.45, 2.75) is 6.42 Å². The van der Waals surface area contributed by atoms with E-state index in [1.54, 1.807) is 24.3 Å². The SMILES string of the molecule is O=C(Cc1ccc(F)c(F)c1)Nc1ncc(-c2ccc(O)cc2)nc1-c1cccs1. The summed E-state index contributed by atoms with van der Waals surface area (Å²) in [6.45, 7) is 0. The van der Waals surface area contributed by atoms with Crippen LogP contribution >= 0.6 is 11.3 Å². The third-order valence-electron chi connectivity index (χ3n) is 4.30. The lowest BCUT2D eigenvalue weighted by Crippen LogP contribution is -2.16. The van der Waals surface area contributed by atoms with Crippen LogP contribution < -0.4 is 5.32 Å². The van der Waals surface area contributed by atoms with Gasteiger partial charge in [0.2, 0.25) is 5.91 Å². The van der Waals surface area contributed by atoms with E-state index in [1.807, 2.05) is 17.5 Å². The highest BCUT2D eigenvalue weighted by atomic mass is 32.1. The Bertz CT molecular complexity index is 1200. The molecule has 0 aliphatic rings. The maximum atomic E-state index is 13.4. The molecule has 2 aromatic heterocycles. The Balaban J connectivity index is 1.62. The summed E-state index contributed by atoms with van der Waals surface area (Å²) in [5.74, 6) is -1.98. The van der Waals surface area contributed by atoms with Gasteiger partial charge in [0.15, 0.2) is 17.5 Å².